The molecule has 1 saturated heterocycles. The zero-order valence-electron chi connectivity index (χ0n) is 16.4. The second-order valence-corrected chi connectivity index (χ2v) is 8.43. The molecule has 0 amide bonds. The van der Waals surface area contributed by atoms with Gasteiger partial charge in [0, 0.05) is 24.5 Å². The molecule has 2 aliphatic heterocycles. The molecule has 7 nitrogen and oxygen atoms in total. The summed E-state index contributed by atoms with van der Waals surface area (Å²) in [7, 11) is 0. The first-order chi connectivity index (χ1) is 13.2. The molecular formula is C21H24O7. The molecule has 1 fully saturated rings. The van der Waals surface area contributed by atoms with E-state index in [0.717, 1.165) is 24.0 Å². The SMILES string of the molecule is CC(=O)OC1CCC(C)(C)C2=C1CC1C(=COC3C=C(C)C(=O)O3)C(=O)OC21. The van der Waals surface area contributed by atoms with Crippen molar-refractivity contribution >= 4 is 17.9 Å². The number of hydrogen-bond donors (Lipinski definition) is 0. The molecule has 4 rings (SSSR count). The molecule has 150 valence electrons. The Labute approximate surface area is 163 Å². The first-order valence-electron chi connectivity index (χ1n) is 9.54. The number of carbonyl (C=O) groups is 3. The van der Waals surface area contributed by atoms with Crippen molar-refractivity contribution in [3.05, 3.63) is 34.6 Å². The highest BCUT2D eigenvalue weighted by Gasteiger charge is 2.54. The largest absolute Gasteiger partial charge is 0.458 e. The fourth-order valence-electron chi connectivity index (χ4n) is 4.69. The fourth-order valence-corrected chi connectivity index (χ4v) is 4.69. The van der Waals surface area contributed by atoms with Gasteiger partial charge in [-0.25, -0.2) is 9.59 Å². The van der Waals surface area contributed by atoms with E-state index < -0.39 is 18.2 Å². The average Bonchev–Trinajstić information content (AvgIpc) is 3.21. The molecule has 0 saturated carbocycles. The van der Waals surface area contributed by atoms with Crippen LogP contribution in [0.3, 0.4) is 0 Å². The van der Waals surface area contributed by atoms with E-state index >= 15 is 0 Å². The van der Waals surface area contributed by atoms with E-state index in [1.165, 1.54) is 13.2 Å². The molecule has 0 aromatic carbocycles. The molecule has 4 atom stereocenters. The third kappa shape index (κ3) is 3.02. The quantitative estimate of drug-likeness (QED) is 0.241. The summed E-state index contributed by atoms with van der Waals surface area (Å²) in [6.45, 7) is 7.32. The Morgan fingerprint density at radius 3 is 2.64 bits per heavy atom. The van der Waals surface area contributed by atoms with Gasteiger partial charge in [-0.1, -0.05) is 13.8 Å². The molecule has 4 aliphatic rings. The van der Waals surface area contributed by atoms with Gasteiger partial charge in [0.25, 0.3) is 6.29 Å². The zero-order valence-corrected chi connectivity index (χ0v) is 16.4. The third-order valence-corrected chi connectivity index (χ3v) is 6.02. The number of fused-ring (bicyclic) bond motifs is 2. The van der Waals surface area contributed by atoms with E-state index in [-0.39, 0.29) is 29.5 Å². The standard InChI is InChI=1S/C21H24O7/c1-10-7-16(27-19(10)23)25-9-14-12-8-13-15(26-11(2)22)5-6-21(3,4)17(13)18(12)28-20(14)24/h7,9,12,15-16,18H,5-6,8H2,1-4H3. The smallest absolute Gasteiger partial charge is 0.338 e. The van der Waals surface area contributed by atoms with Crippen LogP contribution in [0.25, 0.3) is 0 Å². The fraction of sp³-hybridized carbons (Fsp3) is 0.571. The van der Waals surface area contributed by atoms with Gasteiger partial charge in [-0.05, 0) is 42.7 Å². The van der Waals surface area contributed by atoms with Crippen LogP contribution in [0.15, 0.2) is 34.6 Å². The summed E-state index contributed by atoms with van der Waals surface area (Å²) < 4.78 is 21.8. The van der Waals surface area contributed by atoms with Gasteiger partial charge < -0.3 is 18.9 Å². The van der Waals surface area contributed by atoms with E-state index in [1.54, 1.807) is 13.0 Å². The summed E-state index contributed by atoms with van der Waals surface area (Å²) in [5.41, 5.74) is 2.88. The second-order valence-electron chi connectivity index (χ2n) is 8.43. The lowest BCUT2D eigenvalue weighted by atomic mass is 9.71. The minimum absolute atomic E-state index is 0.136. The number of esters is 3. The van der Waals surface area contributed by atoms with Crippen LogP contribution >= 0.6 is 0 Å². The van der Waals surface area contributed by atoms with Crippen molar-refractivity contribution in [3.8, 4) is 0 Å². The third-order valence-electron chi connectivity index (χ3n) is 6.02. The van der Waals surface area contributed by atoms with Crippen LogP contribution in [0.1, 0.15) is 47.0 Å². The van der Waals surface area contributed by atoms with Crippen molar-refractivity contribution in [1.29, 1.82) is 0 Å². The lowest BCUT2D eigenvalue weighted by Gasteiger charge is -2.37. The monoisotopic (exact) mass is 388 g/mol. The van der Waals surface area contributed by atoms with Crippen LogP contribution in [0.2, 0.25) is 0 Å². The maximum atomic E-state index is 12.5. The number of cyclic esters (lactones) is 1. The normalized spacial score (nSPS) is 34.6. The molecule has 7 heteroatoms. The molecule has 0 N–H and O–H groups in total. The van der Waals surface area contributed by atoms with Gasteiger partial charge in [-0.2, -0.15) is 0 Å². The summed E-state index contributed by atoms with van der Waals surface area (Å²) in [6.07, 6.45) is 3.64. The van der Waals surface area contributed by atoms with Crippen LogP contribution in [0, 0.1) is 11.3 Å². The highest BCUT2D eigenvalue weighted by Crippen LogP contribution is 2.55. The first-order valence-corrected chi connectivity index (χ1v) is 9.54. The maximum Gasteiger partial charge on any atom is 0.338 e. The predicted molar refractivity (Wildman–Crippen MR) is 96.4 cm³/mol. The van der Waals surface area contributed by atoms with Gasteiger partial charge in [0.1, 0.15) is 12.2 Å². The van der Waals surface area contributed by atoms with Crippen LogP contribution in [0.5, 0.6) is 0 Å². The summed E-state index contributed by atoms with van der Waals surface area (Å²) in [4.78, 5) is 35.4. The molecule has 0 aromatic heterocycles. The lowest BCUT2D eigenvalue weighted by Crippen LogP contribution is -2.33. The van der Waals surface area contributed by atoms with Crippen LogP contribution in [0.4, 0.5) is 0 Å². The van der Waals surface area contributed by atoms with Gasteiger partial charge in [0.2, 0.25) is 0 Å². The Morgan fingerprint density at radius 1 is 1.25 bits per heavy atom. The van der Waals surface area contributed by atoms with Crippen molar-refractivity contribution < 1.29 is 33.3 Å². The van der Waals surface area contributed by atoms with Crippen LogP contribution in [-0.2, 0) is 33.3 Å². The predicted octanol–water partition coefficient (Wildman–Crippen LogP) is 2.71. The highest BCUT2D eigenvalue weighted by molar-refractivity contribution is 5.92. The Kier molecular flexibility index (Phi) is 4.36. The summed E-state index contributed by atoms with van der Waals surface area (Å²) in [5.74, 6) is -1.35. The van der Waals surface area contributed by atoms with E-state index in [2.05, 4.69) is 13.8 Å². The van der Waals surface area contributed by atoms with Crippen molar-refractivity contribution in [1.82, 2.24) is 0 Å². The van der Waals surface area contributed by atoms with E-state index in [1.807, 2.05) is 0 Å². The molecule has 0 aromatic rings. The van der Waals surface area contributed by atoms with E-state index in [0.29, 0.717) is 17.6 Å². The molecule has 2 heterocycles. The molecule has 28 heavy (non-hydrogen) atoms. The summed E-state index contributed by atoms with van der Waals surface area (Å²) in [5, 5.41) is 0. The first kappa shape index (κ1) is 18.8. The van der Waals surface area contributed by atoms with Crippen molar-refractivity contribution in [2.24, 2.45) is 11.3 Å². The molecule has 0 spiro atoms. The maximum absolute atomic E-state index is 12.5. The number of hydrogen-bond acceptors (Lipinski definition) is 7. The molecule has 0 bridgehead atoms. The van der Waals surface area contributed by atoms with Gasteiger partial charge in [0.15, 0.2) is 0 Å². The average molecular weight is 388 g/mol. The van der Waals surface area contributed by atoms with Gasteiger partial charge in [-0.15, -0.1) is 0 Å². The Balaban J connectivity index is 1.58. The lowest BCUT2D eigenvalue weighted by molar-refractivity contribution is -0.152. The Bertz CT molecular complexity index is 845. The van der Waals surface area contributed by atoms with Gasteiger partial charge >= 0.3 is 17.9 Å². The van der Waals surface area contributed by atoms with Crippen molar-refractivity contribution in [2.45, 2.75) is 65.5 Å². The minimum Gasteiger partial charge on any atom is -0.458 e. The highest BCUT2D eigenvalue weighted by atomic mass is 16.7. The van der Waals surface area contributed by atoms with Gasteiger partial charge in [-0.3, -0.25) is 4.79 Å². The van der Waals surface area contributed by atoms with Gasteiger partial charge in [0.05, 0.1) is 11.8 Å². The topological polar surface area (TPSA) is 88.1 Å². The molecule has 4 unspecified atom stereocenters. The minimum atomic E-state index is -0.832. The summed E-state index contributed by atoms with van der Waals surface area (Å²) >= 11 is 0. The summed E-state index contributed by atoms with van der Waals surface area (Å²) in [6, 6.07) is 0. The van der Waals surface area contributed by atoms with E-state index in [9.17, 15) is 14.4 Å². The van der Waals surface area contributed by atoms with Crippen LogP contribution < -0.4 is 0 Å². The zero-order chi connectivity index (χ0) is 20.2. The van der Waals surface area contributed by atoms with Crippen molar-refractivity contribution in [2.75, 3.05) is 0 Å². The van der Waals surface area contributed by atoms with Crippen LogP contribution in [-0.4, -0.2) is 36.4 Å². The molecule has 2 aliphatic carbocycles. The molecule has 0 radical (unpaired) electrons. The van der Waals surface area contributed by atoms with Crippen molar-refractivity contribution in [3.63, 3.8) is 0 Å². The number of carbonyl (C=O) groups excluding carboxylic acids is 3. The number of rotatable bonds is 3. The second kappa shape index (κ2) is 6.50. The Hall–Kier alpha value is -2.57. The van der Waals surface area contributed by atoms with E-state index in [4.69, 9.17) is 18.9 Å². The Morgan fingerprint density at radius 2 is 2.00 bits per heavy atom. The molecular weight excluding hydrogens is 364 g/mol. The number of ether oxygens (including phenoxy) is 4.